The molecule has 0 saturated carbocycles. The summed E-state index contributed by atoms with van der Waals surface area (Å²) < 4.78 is 30.7. The molecule has 0 saturated heterocycles. The molecule has 102 valence electrons. The molecule has 0 bridgehead atoms. The van der Waals surface area contributed by atoms with Crippen molar-refractivity contribution >= 4 is 21.4 Å². The summed E-state index contributed by atoms with van der Waals surface area (Å²) in [6.45, 7) is 0.505. The molecule has 0 fully saturated rings. The summed E-state index contributed by atoms with van der Waals surface area (Å²) in [4.78, 5) is 0.0681. The topological polar surface area (TPSA) is 97.4 Å². The van der Waals surface area contributed by atoms with Crippen LogP contribution in [0.1, 0.15) is 5.76 Å². The molecule has 0 aliphatic carbocycles. The quantitative estimate of drug-likeness (QED) is 0.719. The van der Waals surface area contributed by atoms with Gasteiger partial charge in [0.2, 0.25) is 10.0 Å². The molecule has 2 aromatic rings. The van der Waals surface area contributed by atoms with Crippen molar-refractivity contribution in [3.8, 4) is 0 Å². The predicted molar refractivity (Wildman–Crippen MR) is 73.1 cm³/mol. The second-order valence-corrected chi connectivity index (χ2v) is 5.75. The van der Waals surface area contributed by atoms with Gasteiger partial charge in [0, 0.05) is 5.69 Å². The SMILES string of the molecule is CNS(=O)(=O)c1ccc(NCc2ccco2)cc1N. The number of benzene rings is 1. The molecule has 0 amide bonds. The summed E-state index contributed by atoms with van der Waals surface area (Å²) in [6, 6.07) is 8.34. The second kappa shape index (κ2) is 5.33. The van der Waals surface area contributed by atoms with E-state index in [1.807, 2.05) is 6.07 Å². The lowest BCUT2D eigenvalue weighted by atomic mass is 10.3. The average Bonchev–Trinajstić information content (AvgIpc) is 2.89. The molecule has 19 heavy (non-hydrogen) atoms. The Kier molecular flexibility index (Phi) is 3.77. The first-order chi connectivity index (χ1) is 9.03. The van der Waals surface area contributed by atoms with Crippen LogP contribution in [0.5, 0.6) is 0 Å². The standard InChI is InChI=1S/C12H15N3O3S/c1-14-19(16,17)12-5-4-9(7-11(12)13)15-8-10-3-2-6-18-10/h2-7,14-15H,8,13H2,1H3. The number of rotatable bonds is 5. The van der Waals surface area contributed by atoms with Gasteiger partial charge >= 0.3 is 0 Å². The Balaban J connectivity index is 2.15. The lowest BCUT2D eigenvalue weighted by Gasteiger charge is -2.09. The van der Waals surface area contributed by atoms with Gasteiger partial charge in [-0.25, -0.2) is 13.1 Å². The van der Waals surface area contributed by atoms with Crippen molar-refractivity contribution in [3.63, 3.8) is 0 Å². The highest BCUT2D eigenvalue weighted by molar-refractivity contribution is 7.89. The zero-order valence-corrected chi connectivity index (χ0v) is 11.2. The van der Waals surface area contributed by atoms with Crippen molar-refractivity contribution in [2.24, 2.45) is 0 Å². The van der Waals surface area contributed by atoms with Crippen LogP contribution in [-0.2, 0) is 16.6 Å². The van der Waals surface area contributed by atoms with Crippen molar-refractivity contribution < 1.29 is 12.8 Å². The van der Waals surface area contributed by atoms with E-state index in [4.69, 9.17) is 10.2 Å². The molecular weight excluding hydrogens is 266 g/mol. The summed E-state index contributed by atoms with van der Waals surface area (Å²) in [7, 11) is -2.18. The lowest BCUT2D eigenvalue weighted by Crippen LogP contribution is -2.20. The maximum Gasteiger partial charge on any atom is 0.242 e. The van der Waals surface area contributed by atoms with E-state index in [0.29, 0.717) is 6.54 Å². The van der Waals surface area contributed by atoms with Crippen molar-refractivity contribution in [3.05, 3.63) is 42.4 Å². The van der Waals surface area contributed by atoms with E-state index < -0.39 is 10.0 Å². The van der Waals surface area contributed by atoms with Crippen molar-refractivity contribution in [1.29, 1.82) is 0 Å². The molecule has 1 aromatic heterocycles. The molecule has 0 spiro atoms. The van der Waals surface area contributed by atoms with Crippen LogP contribution in [0.2, 0.25) is 0 Å². The van der Waals surface area contributed by atoms with Gasteiger partial charge in [-0.2, -0.15) is 0 Å². The Morgan fingerprint density at radius 2 is 2.11 bits per heavy atom. The van der Waals surface area contributed by atoms with Gasteiger partial charge < -0.3 is 15.5 Å². The third kappa shape index (κ3) is 3.07. The first kappa shape index (κ1) is 13.4. The van der Waals surface area contributed by atoms with E-state index in [-0.39, 0.29) is 10.6 Å². The number of nitrogens with two attached hydrogens (primary N) is 1. The molecule has 0 radical (unpaired) electrons. The van der Waals surface area contributed by atoms with Crippen LogP contribution in [0.4, 0.5) is 11.4 Å². The van der Waals surface area contributed by atoms with Crippen LogP contribution in [0, 0.1) is 0 Å². The zero-order chi connectivity index (χ0) is 13.9. The van der Waals surface area contributed by atoms with Crippen LogP contribution < -0.4 is 15.8 Å². The summed E-state index contributed by atoms with van der Waals surface area (Å²) >= 11 is 0. The van der Waals surface area contributed by atoms with E-state index in [1.54, 1.807) is 24.5 Å². The third-order valence-corrected chi connectivity index (χ3v) is 4.10. The van der Waals surface area contributed by atoms with Crippen LogP contribution in [0.3, 0.4) is 0 Å². The summed E-state index contributed by atoms with van der Waals surface area (Å²) in [6.07, 6.45) is 1.59. The van der Waals surface area contributed by atoms with Crippen molar-refractivity contribution in [2.45, 2.75) is 11.4 Å². The summed E-state index contributed by atoms with van der Waals surface area (Å²) in [5, 5.41) is 3.10. The molecule has 7 heteroatoms. The Hall–Kier alpha value is -1.99. The fraction of sp³-hybridized carbons (Fsp3) is 0.167. The van der Waals surface area contributed by atoms with Crippen LogP contribution in [0.25, 0.3) is 0 Å². The molecular formula is C12H15N3O3S. The third-order valence-electron chi connectivity index (χ3n) is 2.61. The Bertz CT molecular complexity index is 651. The van der Waals surface area contributed by atoms with Crippen molar-refractivity contribution in [2.75, 3.05) is 18.1 Å². The Morgan fingerprint density at radius 1 is 1.32 bits per heavy atom. The number of furan rings is 1. The summed E-state index contributed by atoms with van der Waals surface area (Å²) in [5.74, 6) is 0.783. The van der Waals surface area contributed by atoms with Gasteiger partial charge in [0.15, 0.2) is 0 Å². The molecule has 0 unspecified atom stereocenters. The molecule has 0 atom stereocenters. The molecule has 0 aliphatic heterocycles. The van der Waals surface area contributed by atoms with E-state index in [2.05, 4.69) is 10.0 Å². The maximum atomic E-state index is 11.7. The van der Waals surface area contributed by atoms with Gasteiger partial charge in [-0.15, -0.1) is 0 Å². The van der Waals surface area contributed by atoms with E-state index in [9.17, 15) is 8.42 Å². The summed E-state index contributed by atoms with van der Waals surface area (Å²) in [5.41, 5.74) is 6.67. The Labute approximate surface area is 111 Å². The molecule has 2 rings (SSSR count). The minimum absolute atomic E-state index is 0.0681. The number of hydrogen-bond acceptors (Lipinski definition) is 5. The highest BCUT2D eigenvalue weighted by Crippen LogP contribution is 2.22. The highest BCUT2D eigenvalue weighted by atomic mass is 32.2. The minimum atomic E-state index is -3.53. The number of nitrogens with one attached hydrogen (secondary N) is 2. The molecule has 0 aliphatic rings. The number of anilines is 2. The fourth-order valence-corrected chi connectivity index (χ4v) is 2.45. The largest absolute Gasteiger partial charge is 0.467 e. The number of hydrogen-bond donors (Lipinski definition) is 3. The minimum Gasteiger partial charge on any atom is -0.467 e. The first-order valence-corrected chi connectivity index (χ1v) is 7.10. The normalized spacial score (nSPS) is 11.4. The monoisotopic (exact) mass is 281 g/mol. The van der Waals surface area contributed by atoms with Gasteiger partial charge in [0.1, 0.15) is 10.7 Å². The molecule has 1 aromatic carbocycles. The van der Waals surface area contributed by atoms with Gasteiger partial charge in [-0.1, -0.05) is 0 Å². The Morgan fingerprint density at radius 3 is 2.68 bits per heavy atom. The van der Waals surface area contributed by atoms with E-state index in [0.717, 1.165) is 11.4 Å². The maximum absolute atomic E-state index is 11.7. The fourth-order valence-electron chi connectivity index (χ4n) is 1.62. The number of sulfonamides is 1. The van der Waals surface area contributed by atoms with Gasteiger partial charge in [0.05, 0.1) is 18.5 Å². The second-order valence-electron chi connectivity index (χ2n) is 3.89. The number of nitrogen functional groups attached to an aromatic ring is 1. The molecule has 6 nitrogen and oxygen atoms in total. The van der Waals surface area contributed by atoms with Gasteiger partial charge in [-0.05, 0) is 37.4 Å². The smallest absolute Gasteiger partial charge is 0.242 e. The van der Waals surface area contributed by atoms with Crippen LogP contribution in [-0.4, -0.2) is 15.5 Å². The molecule has 1 heterocycles. The van der Waals surface area contributed by atoms with Crippen molar-refractivity contribution in [1.82, 2.24) is 4.72 Å². The first-order valence-electron chi connectivity index (χ1n) is 5.62. The van der Waals surface area contributed by atoms with E-state index >= 15 is 0 Å². The van der Waals surface area contributed by atoms with Crippen LogP contribution >= 0.6 is 0 Å². The van der Waals surface area contributed by atoms with E-state index in [1.165, 1.54) is 13.1 Å². The lowest BCUT2D eigenvalue weighted by molar-refractivity contribution is 0.518. The predicted octanol–water partition coefficient (Wildman–Crippen LogP) is 1.38. The van der Waals surface area contributed by atoms with Crippen LogP contribution in [0.15, 0.2) is 45.9 Å². The molecule has 4 N–H and O–H groups in total. The zero-order valence-electron chi connectivity index (χ0n) is 10.4. The average molecular weight is 281 g/mol. The van der Waals surface area contributed by atoms with Gasteiger partial charge in [-0.3, -0.25) is 0 Å². The van der Waals surface area contributed by atoms with Gasteiger partial charge in [0.25, 0.3) is 0 Å². The highest BCUT2D eigenvalue weighted by Gasteiger charge is 2.15.